The van der Waals surface area contributed by atoms with Crippen LogP contribution in [0.25, 0.3) is 0 Å². The van der Waals surface area contributed by atoms with Gasteiger partial charge in [0.15, 0.2) is 0 Å². The molecule has 1 heterocycles. The van der Waals surface area contributed by atoms with Gasteiger partial charge in [0.25, 0.3) is 0 Å². The van der Waals surface area contributed by atoms with Gasteiger partial charge < -0.3 is 10.6 Å². The van der Waals surface area contributed by atoms with E-state index in [1.165, 1.54) is 10.4 Å². The van der Waals surface area contributed by atoms with Crippen LogP contribution in [0.1, 0.15) is 36.8 Å². The summed E-state index contributed by atoms with van der Waals surface area (Å²) in [5.41, 5.74) is 7.52. The molecule has 0 radical (unpaired) electrons. The summed E-state index contributed by atoms with van der Waals surface area (Å²) < 4.78 is 0. The third kappa shape index (κ3) is 3.59. The summed E-state index contributed by atoms with van der Waals surface area (Å²) in [6.07, 6.45) is 1.06. The average molecular weight is 226 g/mol. The molecule has 1 atom stereocenters. The third-order valence-corrected chi connectivity index (χ3v) is 4.04. The van der Waals surface area contributed by atoms with Gasteiger partial charge in [0.1, 0.15) is 0 Å². The Morgan fingerprint density at radius 3 is 2.53 bits per heavy atom. The summed E-state index contributed by atoms with van der Waals surface area (Å²) >= 11 is 1.78. The Labute approximate surface area is 97.1 Å². The fourth-order valence-corrected chi connectivity index (χ4v) is 2.72. The quantitative estimate of drug-likeness (QED) is 0.808. The van der Waals surface area contributed by atoms with E-state index in [9.17, 15) is 0 Å². The Bertz CT molecular complexity index is 279. The topological polar surface area (TPSA) is 29.3 Å². The van der Waals surface area contributed by atoms with Crippen molar-refractivity contribution >= 4 is 11.3 Å². The Balaban J connectivity index is 2.42. The van der Waals surface area contributed by atoms with Crippen LogP contribution in [-0.2, 0) is 0 Å². The molecule has 0 aromatic carbocycles. The van der Waals surface area contributed by atoms with Gasteiger partial charge in [-0.05, 0) is 50.0 Å². The molecule has 3 heteroatoms. The predicted octanol–water partition coefficient (Wildman–Crippen LogP) is 2.79. The molecule has 1 aromatic rings. The zero-order chi connectivity index (χ0) is 11.3. The maximum Gasteiger partial charge on any atom is 0.0404 e. The molecular formula is C12H22N2S. The summed E-state index contributed by atoms with van der Waals surface area (Å²) in [5, 5.41) is 2.13. The van der Waals surface area contributed by atoms with Gasteiger partial charge in [-0.3, -0.25) is 0 Å². The first-order valence-electron chi connectivity index (χ1n) is 5.70. The molecule has 2 nitrogen and oxygen atoms in total. The Morgan fingerprint density at radius 2 is 2.07 bits per heavy atom. The SMILES string of the molecule is CCN(CC)CCC(N)c1sccc1C. The number of aryl methyl sites for hydroxylation is 1. The van der Waals surface area contributed by atoms with Gasteiger partial charge in [0.05, 0.1) is 0 Å². The van der Waals surface area contributed by atoms with Crippen molar-refractivity contribution in [2.45, 2.75) is 33.2 Å². The van der Waals surface area contributed by atoms with E-state index in [2.05, 4.69) is 37.1 Å². The van der Waals surface area contributed by atoms with Crippen LogP contribution in [0.3, 0.4) is 0 Å². The molecule has 0 aliphatic heterocycles. The molecule has 0 saturated heterocycles. The van der Waals surface area contributed by atoms with Crippen molar-refractivity contribution < 1.29 is 0 Å². The second kappa shape index (κ2) is 6.26. The molecule has 0 saturated carbocycles. The van der Waals surface area contributed by atoms with Crippen LogP contribution in [0.15, 0.2) is 11.4 Å². The van der Waals surface area contributed by atoms with Gasteiger partial charge in [0.2, 0.25) is 0 Å². The standard InChI is InChI=1S/C12H22N2S/c1-4-14(5-2)8-6-11(13)12-10(3)7-9-15-12/h7,9,11H,4-6,8,13H2,1-3H3. The normalized spacial score (nSPS) is 13.4. The summed E-state index contributed by atoms with van der Waals surface area (Å²) in [5.74, 6) is 0. The van der Waals surface area contributed by atoms with Gasteiger partial charge in [-0.2, -0.15) is 0 Å². The van der Waals surface area contributed by atoms with E-state index < -0.39 is 0 Å². The molecule has 2 N–H and O–H groups in total. The lowest BCUT2D eigenvalue weighted by atomic mass is 10.1. The highest BCUT2D eigenvalue weighted by Crippen LogP contribution is 2.24. The van der Waals surface area contributed by atoms with Crippen molar-refractivity contribution in [1.82, 2.24) is 4.90 Å². The van der Waals surface area contributed by atoms with E-state index in [4.69, 9.17) is 5.73 Å². The molecule has 0 bridgehead atoms. The van der Waals surface area contributed by atoms with Crippen molar-refractivity contribution in [3.63, 3.8) is 0 Å². The van der Waals surface area contributed by atoms with E-state index in [0.717, 1.165) is 26.1 Å². The van der Waals surface area contributed by atoms with E-state index in [1.807, 2.05) is 0 Å². The summed E-state index contributed by atoms with van der Waals surface area (Å²) in [6, 6.07) is 2.36. The van der Waals surface area contributed by atoms with Crippen molar-refractivity contribution in [3.05, 3.63) is 21.9 Å². The fourth-order valence-electron chi connectivity index (χ4n) is 1.76. The molecule has 0 fully saturated rings. The molecule has 1 aromatic heterocycles. The number of nitrogens with two attached hydrogens (primary N) is 1. The minimum atomic E-state index is 0.214. The lowest BCUT2D eigenvalue weighted by molar-refractivity contribution is 0.291. The predicted molar refractivity (Wildman–Crippen MR) is 68.4 cm³/mol. The van der Waals surface area contributed by atoms with Crippen molar-refractivity contribution in [1.29, 1.82) is 0 Å². The largest absolute Gasteiger partial charge is 0.323 e. The highest BCUT2D eigenvalue weighted by molar-refractivity contribution is 7.10. The van der Waals surface area contributed by atoms with Gasteiger partial charge in [0, 0.05) is 10.9 Å². The maximum absolute atomic E-state index is 6.18. The summed E-state index contributed by atoms with van der Waals surface area (Å²) in [6.45, 7) is 9.88. The lowest BCUT2D eigenvalue weighted by Gasteiger charge is -2.20. The summed E-state index contributed by atoms with van der Waals surface area (Å²) in [7, 11) is 0. The van der Waals surface area contributed by atoms with Crippen LogP contribution in [0.2, 0.25) is 0 Å². The van der Waals surface area contributed by atoms with Crippen molar-refractivity contribution in [3.8, 4) is 0 Å². The maximum atomic E-state index is 6.18. The van der Waals surface area contributed by atoms with Crippen LogP contribution >= 0.6 is 11.3 Å². The second-order valence-corrected chi connectivity index (χ2v) is 4.84. The monoisotopic (exact) mass is 226 g/mol. The molecule has 1 unspecified atom stereocenters. The smallest absolute Gasteiger partial charge is 0.0404 e. The first kappa shape index (κ1) is 12.7. The van der Waals surface area contributed by atoms with Crippen LogP contribution in [0, 0.1) is 6.92 Å². The number of nitrogens with zero attached hydrogens (tertiary/aromatic N) is 1. The fraction of sp³-hybridized carbons (Fsp3) is 0.667. The second-order valence-electron chi connectivity index (χ2n) is 3.89. The minimum Gasteiger partial charge on any atom is -0.323 e. The van der Waals surface area contributed by atoms with Crippen LogP contribution < -0.4 is 5.73 Å². The molecule has 86 valence electrons. The average Bonchev–Trinajstić information content (AvgIpc) is 2.66. The Kier molecular flexibility index (Phi) is 5.29. The Hall–Kier alpha value is -0.380. The molecule has 0 spiro atoms. The van der Waals surface area contributed by atoms with E-state index in [1.54, 1.807) is 11.3 Å². The van der Waals surface area contributed by atoms with E-state index in [0.29, 0.717) is 0 Å². The van der Waals surface area contributed by atoms with Crippen molar-refractivity contribution in [2.75, 3.05) is 19.6 Å². The van der Waals surface area contributed by atoms with Crippen LogP contribution in [0.4, 0.5) is 0 Å². The number of thiophene rings is 1. The van der Waals surface area contributed by atoms with Crippen molar-refractivity contribution in [2.24, 2.45) is 5.73 Å². The number of rotatable bonds is 6. The van der Waals surface area contributed by atoms with Gasteiger partial charge in [-0.15, -0.1) is 11.3 Å². The number of hydrogen-bond donors (Lipinski definition) is 1. The van der Waals surface area contributed by atoms with Crippen LogP contribution in [0.5, 0.6) is 0 Å². The highest BCUT2D eigenvalue weighted by Gasteiger charge is 2.11. The number of hydrogen-bond acceptors (Lipinski definition) is 3. The zero-order valence-corrected chi connectivity index (χ0v) is 10.8. The summed E-state index contributed by atoms with van der Waals surface area (Å²) in [4.78, 5) is 3.77. The third-order valence-electron chi connectivity index (χ3n) is 2.89. The first-order chi connectivity index (χ1) is 7.19. The van der Waals surface area contributed by atoms with Gasteiger partial charge >= 0.3 is 0 Å². The molecule has 0 aliphatic rings. The highest BCUT2D eigenvalue weighted by atomic mass is 32.1. The molecule has 0 aliphatic carbocycles. The van der Waals surface area contributed by atoms with E-state index >= 15 is 0 Å². The minimum absolute atomic E-state index is 0.214. The van der Waals surface area contributed by atoms with Gasteiger partial charge in [-0.25, -0.2) is 0 Å². The van der Waals surface area contributed by atoms with E-state index in [-0.39, 0.29) is 6.04 Å². The molecule has 0 amide bonds. The first-order valence-corrected chi connectivity index (χ1v) is 6.58. The molecule has 1 rings (SSSR count). The van der Waals surface area contributed by atoms with Gasteiger partial charge in [-0.1, -0.05) is 13.8 Å². The molecular weight excluding hydrogens is 204 g/mol. The van der Waals surface area contributed by atoms with Crippen LogP contribution in [-0.4, -0.2) is 24.5 Å². The zero-order valence-electron chi connectivity index (χ0n) is 9.99. The lowest BCUT2D eigenvalue weighted by Crippen LogP contribution is -2.27. The Morgan fingerprint density at radius 1 is 1.40 bits per heavy atom. The molecule has 15 heavy (non-hydrogen) atoms.